The molecule has 1 fully saturated rings. The van der Waals surface area contributed by atoms with E-state index in [-0.39, 0.29) is 0 Å². The molecule has 0 bridgehead atoms. The van der Waals surface area contributed by atoms with Crippen molar-refractivity contribution in [3.63, 3.8) is 0 Å². The number of nitrogens with zero attached hydrogens (tertiary/aromatic N) is 1. The van der Waals surface area contributed by atoms with E-state index in [0.29, 0.717) is 12.5 Å². The summed E-state index contributed by atoms with van der Waals surface area (Å²) in [6, 6.07) is 3.96. The van der Waals surface area contributed by atoms with Crippen molar-refractivity contribution in [2.45, 2.75) is 25.8 Å². The fourth-order valence-electron chi connectivity index (χ4n) is 2.27. The second-order valence-corrected chi connectivity index (χ2v) is 5.22. The smallest absolute Gasteiger partial charge is 0.169 e. The number of hydrogen-bond acceptors (Lipinski definition) is 3. The summed E-state index contributed by atoms with van der Waals surface area (Å²) in [6.45, 7) is 3.46. The normalized spacial score (nSPS) is 19.1. The van der Waals surface area contributed by atoms with Gasteiger partial charge in [-0.15, -0.1) is 0 Å². The fraction of sp³-hybridized carbons (Fsp3) is 0.667. The van der Waals surface area contributed by atoms with Crippen molar-refractivity contribution in [2.75, 3.05) is 19.7 Å². The lowest BCUT2D eigenvalue weighted by molar-refractivity contribution is 0.145. The van der Waals surface area contributed by atoms with Crippen molar-refractivity contribution in [3.05, 3.63) is 22.6 Å². The summed E-state index contributed by atoms with van der Waals surface area (Å²) in [5.41, 5.74) is 0. The van der Waals surface area contributed by atoms with Crippen LogP contribution in [0.1, 0.15) is 25.0 Å². The van der Waals surface area contributed by atoms with E-state index in [2.05, 4.69) is 20.8 Å². The van der Waals surface area contributed by atoms with E-state index in [9.17, 15) is 0 Å². The van der Waals surface area contributed by atoms with Crippen molar-refractivity contribution < 1.29 is 9.52 Å². The number of aliphatic hydroxyl groups is 1. The highest BCUT2D eigenvalue weighted by atomic mass is 79.9. The topological polar surface area (TPSA) is 36.6 Å². The molecule has 1 aliphatic heterocycles. The van der Waals surface area contributed by atoms with Gasteiger partial charge in [0.15, 0.2) is 4.67 Å². The van der Waals surface area contributed by atoms with Crippen LogP contribution in [0.25, 0.3) is 0 Å². The van der Waals surface area contributed by atoms with Crippen LogP contribution in [0.3, 0.4) is 0 Å². The second kappa shape index (κ2) is 5.84. The van der Waals surface area contributed by atoms with Gasteiger partial charge in [-0.1, -0.05) is 0 Å². The average Bonchev–Trinajstić information content (AvgIpc) is 2.67. The number of halogens is 1. The van der Waals surface area contributed by atoms with Gasteiger partial charge < -0.3 is 9.52 Å². The van der Waals surface area contributed by atoms with Crippen LogP contribution >= 0.6 is 15.9 Å². The Morgan fingerprint density at radius 2 is 2.12 bits per heavy atom. The van der Waals surface area contributed by atoms with Gasteiger partial charge in [-0.05, 0) is 66.3 Å². The monoisotopic (exact) mass is 287 g/mol. The van der Waals surface area contributed by atoms with Crippen molar-refractivity contribution in [1.29, 1.82) is 0 Å². The van der Waals surface area contributed by atoms with E-state index in [1.54, 1.807) is 0 Å². The first-order chi connectivity index (χ1) is 7.78. The number of likely N-dealkylation sites (tertiary alicyclic amines) is 1. The third-order valence-electron chi connectivity index (χ3n) is 3.25. The SMILES string of the molecule is OCCC1CCN(Cc2ccc(Br)o2)CC1. The Kier molecular flexibility index (Phi) is 4.44. The van der Waals surface area contributed by atoms with Gasteiger partial charge in [0.2, 0.25) is 0 Å². The van der Waals surface area contributed by atoms with E-state index in [4.69, 9.17) is 9.52 Å². The summed E-state index contributed by atoms with van der Waals surface area (Å²) in [5, 5.41) is 8.89. The number of furan rings is 1. The largest absolute Gasteiger partial charge is 0.453 e. The maximum absolute atomic E-state index is 8.89. The van der Waals surface area contributed by atoms with Crippen LogP contribution < -0.4 is 0 Å². The van der Waals surface area contributed by atoms with Crippen LogP contribution in [0, 0.1) is 5.92 Å². The molecule has 16 heavy (non-hydrogen) atoms. The molecule has 0 amide bonds. The molecule has 4 heteroatoms. The minimum atomic E-state index is 0.329. The van der Waals surface area contributed by atoms with Crippen molar-refractivity contribution in [3.8, 4) is 0 Å². The first kappa shape index (κ1) is 12.1. The van der Waals surface area contributed by atoms with Gasteiger partial charge in [-0.3, -0.25) is 4.90 Å². The molecule has 3 nitrogen and oxygen atoms in total. The molecule has 0 atom stereocenters. The molecule has 0 radical (unpaired) electrons. The molecule has 1 N–H and O–H groups in total. The summed E-state index contributed by atoms with van der Waals surface area (Å²) in [7, 11) is 0. The second-order valence-electron chi connectivity index (χ2n) is 4.44. The van der Waals surface area contributed by atoms with Gasteiger partial charge in [-0.25, -0.2) is 0 Å². The standard InChI is InChI=1S/C12H18BrNO2/c13-12-2-1-11(16-12)9-14-6-3-10(4-7-14)5-8-15/h1-2,10,15H,3-9H2. The lowest BCUT2D eigenvalue weighted by atomic mass is 9.94. The summed E-state index contributed by atoms with van der Waals surface area (Å²) < 4.78 is 6.30. The Morgan fingerprint density at radius 1 is 1.38 bits per heavy atom. The zero-order valence-corrected chi connectivity index (χ0v) is 10.9. The molecule has 2 rings (SSSR count). The number of piperidine rings is 1. The van der Waals surface area contributed by atoms with E-state index in [0.717, 1.165) is 36.5 Å². The Labute approximate surface area is 105 Å². The van der Waals surface area contributed by atoms with E-state index >= 15 is 0 Å². The van der Waals surface area contributed by atoms with E-state index < -0.39 is 0 Å². The van der Waals surface area contributed by atoms with Crippen molar-refractivity contribution in [1.82, 2.24) is 4.90 Å². The van der Waals surface area contributed by atoms with Crippen molar-refractivity contribution in [2.24, 2.45) is 5.92 Å². The molecule has 0 spiro atoms. The van der Waals surface area contributed by atoms with Crippen LogP contribution in [0.4, 0.5) is 0 Å². The van der Waals surface area contributed by atoms with Gasteiger partial charge in [0.1, 0.15) is 5.76 Å². The summed E-state index contributed by atoms with van der Waals surface area (Å²) in [6.07, 6.45) is 3.35. The first-order valence-electron chi connectivity index (χ1n) is 5.85. The quantitative estimate of drug-likeness (QED) is 0.925. The van der Waals surface area contributed by atoms with Crippen molar-refractivity contribution >= 4 is 15.9 Å². The predicted octanol–water partition coefficient (Wildman–Crippen LogP) is 2.64. The van der Waals surface area contributed by atoms with Gasteiger partial charge >= 0.3 is 0 Å². The Balaban J connectivity index is 1.77. The molecule has 0 aliphatic carbocycles. The van der Waals surface area contributed by atoms with Crippen LogP contribution in [-0.2, 0) is 6.54 Å². The molecule has 2 heterocycles. The molecule has 90 valence electrons. The molecule has 1 aromatic heterocycles. The maximum Gasteiger partial charge on any atom is 0.169 e. The zero-order chi connectivity index (χ0) is 11.4. The lowest BCUT2D eigenvalue weighted by Crippen LogP contribution is -2.33. The van der Waals surface area contributed by atoms with Crippen LogP contribution in [0.5, 0.6) is 0 Å². The zero-order valence-electron chi connectivity index (χ0n) is 9.36. The number of aliphatic hydroxyl groups excluding tert-OH is 1. The fourth-order valence-corrected chi connectivity index (χ4v) is 2.61. The molecule has 1 aliphatic rings. The minimum absolute atomic E-state index is 0.329. The molecule has 0 saturated carbocycles. The average molecular weight is 288 g/mol. The summed E-state index contributed by atoms with van der Waals surface area (Å²) >= 11 is 3.31. The number of hydrogen-bond donors (Lipinski definition) is 1. The highest BCUT2D eigenvalue weighted by Crippen LogP contribution is 2.22. The molecule has 0 aromatic carbocycles. The molecule has 1 aromatic rings. The van der Waals surface area contributed by atoms with Gasteiger partial charge in [0.25, 0.3) is 0 Å². The first-order valence-corrected chi connectivity index (χ1v) is 6.64. The third-order valence-corrected chi connectivity index (χ3v) is 3.68. The van der Waals surface area contributed by atoms with Crippen LogP contribution in [0.2, 0.25) is 0 Å². The Morgan fingerprint density at radius 3 is 2.69 bits per heavy atom. The number of rotatable bonds is 4. The van der Waals surface area contributed by atoms with E-state index in [1.165, 1.54) is 12.8 Å². The maximum atomic E-state index is 8.89. The van der Waals surface area contributed by atoms with Crippen LogP contribution in [-0.4, -0.2) is 29.7 Å². The highest BCUT2D eigenvalue weighted by molar-refractivity contribution is 9.10. The highest BCUT2D eigenvalue weighted by Gasteiger charge is 2.19. The Bertz CT molecular complexity index is 319. The predicted molar refractivity (Wildman–Crippen MR) is 66.1 cm³/mol. The molecule has 1 saturated heterocycles. The van der Waals surface area contributed by atoms with Gasteiger partial charge in [-0.2, -0.15) is 0 Å². The summed E-state index contributed by atoms with van der Waals surface area (Å²) in [5.74, 6) is 1.73. The van der Waals surface area contributed by atoms with Crippen LogP contribution in [0.15, 0.2) is 21.2 Å². The lowest BCUT2D eigenvalue weighted by Gasteiger charge is -2.30. The Hall–Kier alpha value is -0.320. The third kappa shape index (κ3) is 3.34. The molecular weight excluding hydrogens is 270 g/mol. The van der Waals surface area contributed by atoms with Gasteiger partial charge in [0, 0.05) is 6.61 Å². The summed E-state index contributed by atoms with van der Waals surface area (Å²) in [4.78, 5) is 2.42. The van der Waals surface area contributed by atoms with Gasteiger partial charge in [0.05, 0.1) is 6.54 Å². The molecule has 0 unspecified atom stereocenters. The minimum Gasteiger partial charge on any atom is -0.453 e. The molecular formula is C12H18BrNO2. The van der Waals surface area contributed by atoms with E-state index in [1.807, 2.05) is 12.1 Å².